The molecular formula is C25H34N6O2S. The van der Waals surface area contributed by atoms with E-state index in [0.29, 0.717) is 18.1 Å². The average Bonchev–Trinajstić information content (AvgIpc) is 3.20. The summed E-state index contributed by atoms with van der Waals surface area (Å²) in [5.74, 6) is -0.703. The van der Waals surface area contributed by atoms with E-state index in [9.17, 15) is 9.59 Å². The number of benzene rings is 1. The molecule has 0 saturated carbocycles. The lowest BCUT2D eigenvalue weighted by Gasteiger charge is -2.13. The van der Waals surface area contributed by atoms with Gasteiger partial charge < -0.3 is 21.3 Å². The number of nitrogen functional groups attached to an aromatic ring is 1. The van der Waals surface area contributed by atoms with Gasteiger partial charge in [-0.3, -0.25) is 9.59 Å². The Hall–Kier alpha value is -3.04. The van der Waals surface area contributed by atoms with Crippen LogP contribution in [0.2, 0.25) is 0 Å². The summed E-state index contributed by atoms with van der Waals surface area (Å²) in [4.78, 5) is 35.2. The normalized spacial score (nSPS) is 12.1. The number of carbonyl (C=O) groups excluding carboxylic acids is 2. The lowest BCUT2D eigenvalue weighted by atomic mass is 10.0. The first-order valence-corrected chi connectivity index (χ1v) is 12.4. The predicted octanol–water partition coefficient (Wildman–Crippen LogP) is 3.40. The molecule has 0 aliphatic carbocycles. The van der Waals surface area contributed by atoms with Crippen molar-refractivity contribution in [2.24, 2.45) is 5.92 Å². The molecule has 0 bridgehead atoms. The van der Waals surface area contributed by atoms with Crippen LogP contribution in [0, 0.1) is 12.8 Å². The molecule has 2 aromatic heterocycles. The summed E-state index contributed by atoms with van der Waals surface area (Å²) in [6.45, 7) is 5.32. The zero-order chi connectivity index (χ0) is 24.7. The van der Waals surface area contributed by atoms with Crippen molar-refractivity contribution in [1.29, 1.82) is 0 Å². The highest BCUT2D eigenvalue weighted by molar-refractivity contribution is 7.18. The molecule has 4 N–H and O–H groups in total. The highest BCUT2D eigenvalue weighted by Crippen LogP contribution is 2.24. The van der Waals surface area contributed by atoms with E-state index < -0.39 is 11.8 Å². The minimum absolute atomic E-state index is 0.262. The summed E-state index contributed by atoms with van der Waals surface area (Å²) in [7, 11) is 4.15. The number of nitrogens with zero attached hydrogens (tertiary/aromatic N) is 3. The Morgan fingerprint density at radius 3 is 2.71 bits per heavy atom. The van der Waals surface area contributed by atoms with Gasteiger partial charge in [0.2, 0.25) is 0 Å². The molecular weight excluding hydrogens is 448 g/mol. The van der Waals surface area contributed by atoms with E-state index in [-0.39, 0.29) is 5.92 Å². The molecule has 2 heterocycles. The minimum Gasteiger partial charge on any atom is -0.383 e. The van der Waals surface area contributed by atoms with Gasteiger partial charge in [-0.2, -0.15) is 0 Å². The molecule has 3 aromatic rings. The summed E-state index contributed by atoms with van der Waals surface area (Å²) in [6.07, 6.45) is 5.32. The Balaban J connectivity index is 1.40. The molecule has 182 valence electrons. The van der Waals surface area contributed by atoms with Crippen LogP contribution in [0.15, 0.2) is 30.5 Å². The largest absolute Gasteiger partial charge is 0.383 e. The summed E-state index contributed by atoms with van der Waals surface area (Å²) in [5.41, 5.74) is 9.22. The zero-order valence-electron chi connectivity index (χ0n) is 20.4. The second kappa shape index (κ2) is 11.9. The van der Waals surface area contributed by atoms with Gasteiger partial charge in [0.15, 0.2) is 0 Å². The van der Waals surface area contributed by atoms with Gasteiger partial charge in [-0.25, -0.2) is 9.97 Å². The number of fused-ring (bicyclic) bond motifs is 1. The molecule has 34 heavy (non-hydrogen) atoms. The van der Waals surface area contributed by atoms with E-state index in [1.807, 2.05) is 0 Å². The number of anilines is 2. The van der Waals surface area contributed by atoms with Crippen molar-refractivity contribution >= 4 is 44.9 Å². The van der Waals surface area contributed by atoms with Gasteiger partial charge in [-0.05, 0) is 75.5 Å². The highest BCUT2D eigenvalue weighted by Gasteiger charge is 2.15. The minimum atomic E-state index is -0.709. The number of nitrogens with one attached hydrogen (secondary N) is 2. The van der Waals surface area contributed by atoms with Gasteiger partial charge in [0.25, 0.3) is 0 Å². The standard InChI is InChI=1S/C25H34N6O2S/c1-16(14-28-24(32)25(33)29-19-12-17(2)23(26)27-15-19)6-5-7-18-8-9-21-20(13-18)30-22(34-21)10-11-31(3)4/h8-9,12-13,15-16H,5-7,10-11,14H2,1-4H3,(H2,26,27)(H,28,32)(H,29,33)/t16-/m1/s1. The summed E-state index contributed by atoms with van der Waals surface area (Å²) in [6, 6.07) is 8.22. The number of aromatic nitrogens is 2. The molecule has 0 aliphatic rings. The van der Waals surface area contributed by atoms with Gasteiger partial charge in [-0.15, -0.1) is 11.3 Å². The van der Waals surface area contributed by atoms with E-state index in [0.717, 1.165) is 43.3 Å². The van der Waals surface area contributed by atoms with Crippen LogP contribution in [0.4, 0.5) is 11.5 Å². The third-order valence-corrected chi connectivity index (χ3v) is 6.72. The van der Waals surface area contributed by atoms with Crippen molar-refractivity contribution < 1.29 is 9.59 Å². The highest BCUT2D eigenvalue weighted by atomic mass is 32.1. The number of thiazole rings is 1. The van der Waals surface area contributed by atoms with Crippen LogP contribution in [0.5, 0.6) is 0 Å². The quantitative estimate of drug-likeness (QED) is 0.382. The topological polar surface area (TPSA) is 113 Å². The number of likely N-dealkylation sites (N-methyl/N-ethyl adjacent to an activating group) is 1. The van der Waals surface area contributed by atoms with E-state index in [4.69, 9.17) is 10.7 Å². The molecule has 0 aliphatic heterocycles. The Morgan fingerprint density at radius 1 is 1.18 bits per heavy atom. The van der Waals surface area contributed by atoms with E-state index in [2.05, 4.69) is 59.7 Å². The molecule has 0 unspecified atom stereocenters. The maximum absolute atomic E-state index is 12.1. The fraction of sp³-hybridized carbons (Fsp3) is 0.440. The Labute approximate surface area is 205 Å². The first-order valence-electron chi connectivity index (χ1n) is 11.6. The maximum Gasteiger partial charge on any atom is 0.313 e. The third-order valence-electron chi connectivity index (χ3n) is 5.63. The number of amides is 2. The Morgan fingerprint density at radius 2 is 1.97 bits per heavy atom. The molecule has 0 fully saturated rings. The van der Waals surface area contributed by atoms with Crippen LogP contribution in [0.25, 0.3) is 10.2 Å². The number of aryl methyl sites for hydroxylation is 2. The summed E-state index contributed by atoms with van der Waals surface area (Å²) in [5, 5.41) is 6.44. The fourth-order valence-corrected chi connectivity index (χ4v) is 4.48. The SMILES string of the molecule is Cc1cc(NC(=O)C(=O)NC[C@H](C)CCCc2ccc3sc(CCN(C)C)nc3c2)cnc1N. The van der Waals surface area contributed by atoms with Crippen molar-refractivity contribution in [3.63, 3.8) is 0 Å². The van der Waals surface area contributed by atoms with Crippen LogP contribution in [-0.2, 0) is 22.4 Å². The van der Waals surface area contributed by atoms with Crippen molar-refractivity contribution in [2.75, 3.05) is 38.2 Å². The van der Waals surface area contributed by atoms with Crippen LogP contribution >= 0.6 is 11.3 Å². The first-order chi connectivity index (χ1) is 16.2. The molecule has 3 rings (SSSR count). The third kappa shape index (κ3) is 7.50. The lowest BCUT2D eigenvalue weighted by Crippen LogP contribution is -2.37. The average molecular weight is 483 g/mol. The molecule has 8 nitrogen and oxygen atoms in total. The van der Waals surface area contributed by atoms with Crippen molar-refractivity contribution in [3.8, 4) is 0 Å². The zero-order valence-corrected chi connectivity index (χ0v) is 21.2. The number of nitrogens with two attached hydrogens (primary N) is 1. The van der Waals surface area contributed by atoms with E-state index >= 15 is 0 Å². The number of pyridine rings is 1. The van der Waals surface area contributed by atoms with E-state index in [1.165, 1.54) is 21.5 Å². The second-order valence-electron chi connectivity index (χ2n) is 9.05. The molecule has 0 radical (unpaired) electrons. The van der Waals surface area contributed by atoms with Crippen molar-refractivity contribution in [3.05, 3.63) is 46.6 Å². The molecule has 2 amide bonds. The van der Waals surface area contributed by atoms with Crippen LogP contribution in [-0.4, -0.2) is 53.9 Å². The maximum atomic E-state index is 12.1. The van der Waals surface area contributed by atoms with Crippen LogP contribution in [0.1, 0.15) is 35.9 Å². The van der Waals surface area contributed by atoms with E-state index in [1.54, 1.807) is 24.3 Å². The van der Waals surface area contributed by atoms with Crippen LogP contribution < -0.4 is 16.4 Å². The molecule has 0 saturated heterocycles. The number of hydrogen-bond donors (Lipinski definition) is 3. The van der Waals surface area contributed by atoms with Gasteiger partial charge in [0, 0.05) is 19.5 Å². The molecule has 9 heteroatoms. The first kappa shape index (κ1) is 25.6. The Bertz CT molecular complexity index is 1140. The number of hydrogen-bond acceptors (Lipinski definition) is 7. The monoisotopic (exact) mass is 482 g/mol. The lowest BCUT2D eigenvalue weighted by molar-refractivity contribution is -0.136. The Kier molecular flexibility index (Phi) is 8.95. The number of carbonyl (C=O) groups is 2. The number of rotatable bonds is 10. The second-order valence-corrected chi connectivity index (χ2v) is 10.2. The van der Waals surface area contributed by atoms with Gasteiger partial charge in [-0.1, -0.05) is 13.0 Å². The molecule has 1 aromatic carbocycles. The fourth-order valence-electron chi connectivity index (χ4n) is 3.55. The molecule has 1 atom stereocenters. The smallest absolute Gasteiger partial charge is 0.313 e. The van der Waals surface area contributed by atoms with Gasteiger partial charge in [0.1, 0.15) is 5.82 Å². The van der Waals surface area contributed by atoms with Gasteiger partial charge in [0.05, 0.1) is 27.1 Å². The van der Waals surface area contributed by atoms with Gasteiger partial charge >= 0.3 is 11.8 Å². The molecule has 0 spiro atoms. The summed E-state index contributed by atoms with van der Waals surface area (Å²) >= 11 is 1.77. The summed E-state index contributed by atoms with van der Waals surface area (Å²) < 4.78 is 1.23. The van der Waals surface area contributed by atoms with Crippen molar-refractivity contribution in [2.45, 2.75) is 39.5 Å². The van der Waals surface area contributed by atoms with Crippen LogP contribution in [0.3, 0.4) is 0 Å². The van der Waals surface area contributed by atoms with Crippen molar-refractivity contribution in [1.82, 2.24) is 20.2 Å². The predicted molar refractivity (Wildman–Crippen MR) is 139 cm³/mol.